The molecule has 0 bridgehead atoms. The third-order valence-corrected chi connectivity index (χ3v) is 5.66. The summed E-state index contributed by atoms with van der Waals surface area (Å²) in [5.74, 6) is 1.65. The van der Waals surface area contributed by atoms with Crippen molar-refractivity contribution >= 4 is 11.6 Å². The SMILES string of the molecule is Cn1ccnc1CN1CCC(c2cccc(OCc3ccc(Cl)cc3F)n2)CC1. The van der Waals surface area contributed by atoms with Crippen LogP contribution >= 0.6 is 11.6 Å². The summed E-state index contributed by atoms with van der Waals surface area (Å²) in [5.41, 5.74) is 1.50. The molecule has 152 valence electrons. The summed E-state index contributed by atoms with van der Waals surface area (Å²) in [6.45, 7) is 3.03. The normalized spacial score (nSPS) is 15.6. The summed E-state index contributed by atoms with van der Waals surface area (Å²) in [5, 5.41) is 0.376. The van der Waals surface area contributed by atoms with Crippen LogP contribution in [0.1, 0.15) is 35.8 Å². The Morgan fingerprint density at radius 3 is 2.76 bits per heavy atom. The Bertz CT molecular complexity index is 969. The monoisotopic (exact) mass is 414 g/mol. The zero-order valence-electron chi connectivity index (χ0n) is 16.4. The molecule has 0 unspecified atom stereocenters. The van der Waals surface area contributed by atoms with Crippen molar-refractivity contribution in [2.24, 2.45) is 7.05 Å². The maximum absolute atomic E-state index is 13.9. The van der Waals surface area contributed by atoms with Gasteiger partial charge in [-0.25, -0.2) is 14.4 Å². The average Bonchev–Trinajstić information content (AvgIpc) is 3.13. The van der Waals surface area contributed by atoms with Gasteiger partial charge in [-0.15, -0.1) is 0 Å². The third kappa shape index (κ3) is 4.95. The molecule has 1 aliphatic rings. The van der Waals surface area contributed by atoms with Gasteiger partial charge in [-0.3, -0.25) is 4.90 Å². The van der Waals surface area contributed by atoms with Crippen LogP contribution in [0.5, 0.6) is 5.88 Å². The van der Waals surface area contributed by atoms with Gasteiger partial charge in [-0.05, 0) is 44.1 Å². The van der Waals surface area contributed by atoms with Crippen LogP contribution < -0.4 is 4.74 Å². The van der Waals surface area contributed by atoms with E-state index in [1.54, 1.807) is 12.1 Å². The van der Waals surface area contributed by atoms with Gasteiger partial charge in [-0.1, -0.05) is 23.7 Å². The quantitative estimate of drug-likeness (QED) is 0.592. The number of benzene rings is 1. The Morgan fingerprint density at radius 1 is 1.21 bits per heavy atom. The summed E-state index contributed by atoms with van der Waals surface area (Å²) >= 11 is 5.80. The van der Waals surface area contributed by atoms with Crippen molar-refractivity contribution in [3.05, 3.63) is 76.7 Å². The lowest BCUT2D eigenvalue weighted by Crippen LogP contribution is -2.33. The van der Waals surface area contributed by atoms with Crippen LogP contribution in [0.4, 0.5) is 4.39 Å². The maximum atomic E-state index is 13.9. The van der Waals surface area contributed by atoms with E-state index >= 15 is 0 Å². The maximum Gasteiger partial charge on any atom is 0.213 e. The number of hydrogen-bond acceptors (Lipinski definition) is 4. The van der Waals surface area contributed by atoms with Crippen LogP contribution in [0.15, 0.2) is 48.8 Å². The lowest BCUT2D eigenvalue weighted by Gasteiger charge is -2.31. The van der Waals surface area contributed by atoms with Gasteiger partial charge >= 0.3 is 0 Å². The summed E-state index contributed by atoms with van der Waals surface area (Å²) < 4.78 is 21.7. The highest BCUT2D eigenvalue weighted by Gasteiger charge is 2.22. The summed E-state index contributed by atoms with van der Waals surface area (Å²) in [7, 11) is 2.03. The molecule has 3 aromatic rings. The van der Waals surface area contributed by atoms with Gasteiger partial charge in [-0.2, -0.15) is 0 Å². The Balaban J connectivity index is 1.33. The highest BCUT2D eigenvalue weighted by molar-refractivity contribution is 6.30. The molecule has 1 fully saturated rings. The molecule has 29 heavy (non-hydrogen) atoms. The van der Waals surface area contributed by atoms with E-state index in [0.29, 0.717) is 22.4 Å². The van der Waals surface area contributed by atoms with Crippen LogP contribution in [0.25, 0.3) is 0 Å². The molecule has 2 aromatic heterocycles. The van der Waals surface area contributed by atoms with Crippen LogP contribution in [-0.2, 0) is 20.2 Å². The second kappa shape index (κ2) is 8.93. The van der Waals surface area contributed by atoms with Gasteiger partial charge in [0.2, 0.25) is 5.88 Å². The van der Waals surface area contributed by atoms with Crippen molar-refractivity contribution in [1.29, 1.82) is 0 Å². The van der Waals surface area contributed by atoms with Crippen molar-refractivity contribution in [2.75, 3.05) is 13.1 Å². The van der Waals surface area contributed by atoms with Gasteiger partial charge in [0.25, 0.3) is 0 Å². The number of aromatic nitrogens is 3. The van der Waals surface area contributed by atoms with E-state index in [1.807, 2.05) is 31.6 Å². The van der Waals surface area contributed by atoms with E-state index in [0.717, 1.165) is 44.0 Å². The fourth-order valence-electron chi connectivity index (χ4n) is 3.66. The first-order valence-electron chi connectivity index (χ1n) is 9.81. The standard InChI is InChI=1S/C22H24ClFN4O/c1-27-12-9-25-21(27)14-28-10-7-16(8-11-28)20-3-2-4-22(26-20)29-15-17-5-6-18(23)13-19(17)24/h2-6,9,12-13,16H,7-8,10-11,14-15H2,1H3. The lowest BCUT2D eigenvalue weighted by atomic mass is 9.93. The zero-order chi connectivity index (χ0) is 20.2. The average molecular weight is 415 g/mol. The molecule has 0 spiro atoms. The molecule has 4 rings (SSSR count). The van der Waals surface area contributed by atoms with Crippen molar-refractivity contribution in [3.8, 4) is 5.88 Å². The third-order valence-electron chi connectivity index (χ3n) is 5.43. The first-order valence-corrected chi connectivity index (χ1v) is 10.2. The molecule has 0 saturated carbocycles. The first kappa shape index (κ1) is 19.9. The van der Waals surface area contributed by atoms with E-state index in [1.165, 1.54) is 6.07 Å². The minimum absolute atomic E-state index is 0.127. The number of rotatable bonds is 6. The number of imidazole rings is 1. The van der Waals surface area contributed by atoms with E-state index in [9.17, 15) is 4.39 Å². The predicted octanol–water partition coefficient (Wildman–Crippen LogP) is 4.57. The molecule has 0 amide bonds. The Morgan fingerprint density at radius 2 is 2.03 bits per heavy atom. The molecular formula is C22H24ClFN4O. The molecule has 0 N–H and O–H groups in total. The second-order valence-corrected chi connectivity index (χ2v) is 7.87. The van der Waals surface area contributed by atoms with Gasteiger partial charge in [0.15, 0.2) is 0 Å². The molecule has 0 aliphatic carbocycles. The molecule has 3 heterocycles. The van der Waals surface area contributed by atoms with Crippen LogP contribution in [0.3, 0.4) is 0 Å². The molecular weight excluding hydrogens is 391 g/mol. The predicted molar refractivity (Wildman–Crippen MR) is 110 cm³/mol. The number of piperidine rings is 1. The molecule has 1 aromatic carbocycles. The Hall–Kier alpha value is -2.44. The molecule has 1 aliphatic heterocycles. The van der Waals surface area contributed by atoms with E-state index in [2.05, 4.69) is 25.5 Å². The van der Waals surface area contributed by atoms with Gasteiger partial charge < -0.3 is 9.30 Å². The fraction of sp³-hybridized carbons (Fsp3) is 0.364. The number of hydrogen-bond donors (Lipinski definition) is 0. The molecule has 0 atom stereocenters. The highest BCUT2D eigenvalue weighted by Crippen LogP contribution is 2.28. The van der Waals surface area contributed by atoms with Crippen LogP contribution in [0.2, 0.25) is 5.02 Å². The fourth-order valence-corrected chi connectivity index (χ4v) is 3.82. The van der Waals surface area contributed by atoms with Crippen molar-refractivity contribution in [3.63, 3.8) is 0 Å². The van der Waals surface area contributed by atoms with Gasteiger partial charge in [0.05, 0.1) is 6.54 Å². The van der Waals surface area contributed by atoms with Crippen molar-refractivity contribution in [1.82, 2.24) is 19.4 Å². The van der Waals surface area contributed by atoms with Gasteiger partial charge in [0.1, 0.15) is 18.2 Å². The second-order valence-electron chi connectivity index (χ2n) is 7.43. The Labute approximate surface area is 175 Å². The smallest absolute Gasteiger partial charge is 0.213 e. The first-order chi connectivity index (χ1) is 14.1. The number of likely N-dealkylation sites (tertiary alicyclic amines) is 1. The number of pyridine rings is 1. The number of ether oxygens (including phenoxy) is 1. The van der Waals surface area contributed by atoms with Gasteiger partial charge in [0, 0.05) is 47.7 Å². The molecule has 0 radical (unpaired) electrons. The van der Waals surface area contributed by atoms with Crippen molar-refractivity contribution < 1.29 is 9.13 Å². The molecule has 7 heteroatoms. The minimum Gasteiger partial charge on any atom is -0.473 e. The van der Waals surface area contributed by atoms with Crippen LogP contribution in [-0.4, -0.2) is 32.5 Å². The zero-order valence-corrected chi connectivity index (χ0v) is 17.1. The van der Waals surface area contributed by atoms with Crippen molar-refractivity contribution in [2.45, 2.75) is 31.9 Å². The largest absolute Gasteiger partial charge is 0.473 e. The number of nitrogens with zero attached hydrogens (tertiary/aromatic N) is 4. The minimum atomic E-state index is -0.367. The molecule has 1 saturated heterocycles. The number of aryl methyl sites for hydroxylation is 1. The lowest BCUT2D eigenvalue weighted by molar-refractivity contribution is 0.196. The van der Waals surface area contributed by atoms with Crippen LogP contribution in [0, 0.1) is 5.82 Å². The summed E-state index contributed by atoms with van der Waals surface area (Å²) in [6, 6.07) is 10.4. The van der Waals surface area contributed by atoms with E-state index in [4.69, 9.17) is 16.3 Å². The van der Waals surface area contributed by atoms with E-state index in [-0.39, 0.29) is 12.4 Å². The topological polar surface area (TPSA) is 43.2 Å². The summed E-state index contributed by atoms with van der Waals surface area (Å²) in [4.78, 5) is 11.5. The van der Waals surface area contributed by atoms with E-state index < -0.39 is 0 Å². The molecule has 5 nitrogen and oxygen atoms in total. The summed E-state index contributed by atoms with van der Waals surface area (Å²) in [6.07, 6.45) is 5.92. The Kier molecular flexibility index (Phi) is 6.11. The number of halogens is 2. The highest BCUT2D eigenvalue weighted by atomic mass is 35.5.